The molecule has 0 bridgehead atoms. The maximum absolute atomic E-state index is 13.8. The third-order valence-corrected chi connectivity index (χ3v) is 7.59. The second-order valence-electron chi connectivity index (χ2n) is 9.65. The van der Waals surface area contributed by atoms with Crippen LogP contribution in [0.25, 0.3) is 5.76 Å². The number of ether oxygens (including phenoxy) is 1. The van der Waals surface area contributed by atoms with Gasteiger partial charge in [0, 0.05) is 30.3 Å². The summed E-state index contributed by atoms with van der Waals surface area (Å²) in [6.07, 6.45) is 0.309. The molecule has 0 heterocycles. The number of rotatable bonds is 6. The van der Waals surface area contributed by atoms with Crippen molar-refractivity contribution in [2.75, 3.05) is 0 Å². The van der Waals surface area contributed by atoms with Crippen LogP contribution in [-0.2, 0) is 23.9 Å². The van der Waals surface area contributed by atoms with Gasteiger partial charge in [0.15, 0.2) is 11.4 Å². The summed E-state index contributed by atoms with van der Waals surface area (Å²) in [4.78, 5) is 51.2. The molecular weight excluding hydrogens is 470 g/mol. The lowest BCUT2D eigenvalue weighted by molar-refractivity contribution is -0.178. The largest absolute Gasteiger partial charge is 0.508 e. The molecule has 10 heteroatoms. The number of carbonyl (C=O) groups excluding carboxylic acids is 4. The molecule has 0 aliphatic heterocycles. The highest BCUT2D eigenvalue weighted by Gasteiger charge is 2.66. The van der Waals surface area contributed by atoms with Gasteiger partial charge in [0.25, 0.3) is 5.91 Å². The van der Waals surface area contributed by atoms with Crippen molar-refractivity contribution in [3.63, 3.8) is 0 Å². The topological polar surface area (TPSA) is 184 Å². The Kier molecular flexibility index (Phi) is 6.42. The lowest BCUT2D eigenvalue weighted by Gasteiger charge is -2.51. The minimum absolute atomic E-state index is 0.0230. The van der Waals surface area contributed by atoms with E-state index in [0.29, 0.717) is 12.0 Å². The summed E-state index contributed by atoms with van der Waals surface area (Å²) in [5, 5.41) is 44.0. The predicted octanol–water partition coefficient (Wildman–Crippen LogP) is 2.09. The molecule has 3 aliphatic rings. The van der Waals surface area contributed by atoms with Crippen LogP contribution in [0.5, 0.6) is 5.75 Å². The van der Waals surface area contributed by atoms with E-state index >= 15 is 0 Å². The smallest absolute Gasteiger partial charge is 0.306 e. The molecule has 3 aliphatic carbocycles. The summed E-state index contributed by atoms with van der Waals surface area (Å²) in [6.45, 7) is 3.67. The van der Waals surface area contributed by atoms with Crippen molar-refractivity contribution < 1.29 is 44.3 Å². The second-order valence-corrected chi connectivity index (χ2v) is 9.65. The minimum atomic E-state index is -2.85. The van der Waals surface area contributed by atoms with Crippen LogP contribution < -0.4 is 5.73 Å². The van der Waals surface area contributed by atoms with Crippen molar-refractivity contribution >= 4 is 29.2 Å². The highest BCUT2D eigenvalue weighted by molar-refractivity contribution is 6.23. The number of aliphatic hydroxyl groups excluding tert-OH is 2. The standard InChI is InChI=1S/C26H29NO9/c1-3-4-5-9-16(30)36-22-13-10-15(29)19(25(27)34)23(32)26(13,35)24(33)20-17(22)11(2)12-7-6-8-14(28)18(12)21(20)31/h6-8,11,13,17,22,28,31-32,35H,3-5,9-10H2,1-2H3,(H2,27,34)/t11-,13+,17+,22+,26+/m0/s1. The normalized spacial score (nSPS) is 29.4. The number of carbonyl (C=O) groups is 4. The molecule has 0 spiro atoms. The summed E-state index contributed by atoms with van der Waals surface area (Å²) in [6, 6.07) is 4.53. The maximum atomic E-state index is 13.8. The Balaban J connectivity index is 1.94. The van der Waals surface area contributed by atoms with Crippen LogP contribution in [0.15, 0.2) is 35.1 Å². The van der Waals surface area contributed by atoms with Gasteiger partial charge in [-0.3, -0.25) is 19.2 Å². The van der Waals surface area contributed by atoms with Gasteiger partial charge in [0.2, 0.25) is 5.78 Å². The fourth-order valence-electron chi connectivity index (χ4n) is 5.81. The summed E-state index contributed by atoms with van der Waals surface area (Å²) in [5.74, 6) is -9.22. The van der Waals surface area contributed by atoms with Gasteiger partial charge in [0.05, 0.1) is 5.56 Å². The molecule has 5 atom stereocenters. The Morgan fingerprint density at radius 1 is 1.17 bits per heavy atom. The monoisotopic (exact) mass is 499 g/mol. The average molecular weight is 500 g/mol. The van der Waals surface area contributed by atoms with Crippen LogP contribution in [0, 0.1) is 11.8 Å². The van der Waals surface area contributed by atoms with Crippen LogP contribution in [0.2, 0.25) is 0 Å². The first kappa shape index (κ1) is 25.4. The first-order chi connectivity index (χ1) is 17.0. The molecular formula is C26H29NO9. The average Bonchev–Trinajstić information content (AvgIpc) is 2.81. The molecule has 1 saturated carbocycles. The molecule has 0 saturated heterocycles. The third-order valence-electron chi connectivity index (χ3n) is 7.59. The number of hydrogen-bond donors (Lipinski definition) is 5. The molecule has 10 nitrogen and oxygen atoms in total. The van der Waals surface area contributed by atoms with E-state index in [0.717, 1.165) is 12.8 Å². The first-order valence-electron chi connectivity index (χ1n) is 11.9. The number of phenols is 1. The SMILES string of the molecule is CCCCCC(=O)O[C@H]1[C@H]2C(=C(O)c3c(O)cccc3[C@@H]2C)C(=O)[C@]2(O)C(O)=C(C(N)=O)C(=O)C[C@H]12. The van der Waals surface area contributed by atoms with Crippen molar-refractivity contribution in [1.82, 2.24) is 0 Å². The maximum Gasteiger partial charge on any atom is 0.306 e. The number of nitrogens with two attached hydrogens (primary N) is 1. The summed E-state index contributed by atoms with van der Waals surface area (Å²) < 4.78 is 5.79. The van der Waals surface area contributed by atoms with Crippen LogP contribution >= 0.6 is 0 Å². The summed E-state index contributed by atoms with van der Waals surface area (Å²) >= 11 is 0. The van der Waals surface area contributed by atoms with Crippen LogP contribution in [0.1, 0.15) is 63.0 Å². The summed E-state index contributed by atoms with van der Waals surface area (Å²) in [5.41, 5.74) is 1.56. The number of amides is 1. The quantitative estimate of drug-likeness (QED) is 0.222. The lowest BCUT2D eigenvalue weighted by atomic mass is 9.55. The van der Waals surface area contributed by atoms with E-state index in [-0.39, 0.29) is 23.3 Å². The zero-order valence-corrected chi connectivity index (χ0v) is 20.0. The minimum Gasteiger partial charge on any atom is -0.508 e. The number of esters is 1. The van der Waals surface area contributed by atoms with Crippen molar-refractivity contribution in [3.8, 4) is 5.75 Å². The number of benzene rings is 1. The Bertz CT molecular complexity index is 1230. The number of aliphatic hydroxyl groups is 3. The number of primary amides is 1. The highest BCUT2D eigenvalue weighted by Crippen LogP contribution is 2.56. The van der Waals surface area contributed by atoms with Crippen LogP contribution in [-0.4, -0.2) is 55.6 Å². The van der Waals surface area contributed by atoms with Crippen molar-refractivity contribution in [2.45, 2.75) is 63.6 Å². The summed E-state index contributed by atoms with van der Waals surface area (Å²) in [7, 11) is 0. The molecule has 1 aromatic carbocycles. The molecule has 1 aromatic rings. The second kappa shape index (κ2) is 9.09. The van der Waals surface area contributed by atoms with Crippen molar-refractivity contribution in [1.29, 1.82) is 0 Å². The van der Waals surface area contributed by atoms with E-state index in [2.05, 4.69) is 0 Å². The fourth-order valence-corrected chi connectivity index (χ4v) is 5.81. The van der Waals surface area contributed by atoms with Crippen LogP contribution in [0.3, 0.4) is 0 Å². The number of fused-ring (bicyclic) bond motifs is 3. The van der Waals surface area contributed by atoms with Gasteiger partial charge < -0.3 is 30.9 Å². The Morgan fingerprint density at radius 2 is 1.86 bits per heavy atom. The number of unbranched alkanes of at least 4 members (excludes halogenated alkanes) is 2. The highest BCUT2D eigenvalue weighted by atomic mass is 16.5. The zero-order chi connectivity index (χ0) is 26.5. The van der Waals surface area contributed by atoms with Crippen molar-refractivity contribution in [3.05, 3.63) is 46.2 Å². The number of Topliss-reactive ketones (excluding diaryl/α,β-unsaturated/α-hetero) is 2. The van der Waals surface area contributed by atoms with E-state index in [1.807, 2.05) is 6.92 Å². The van der Waals surface area contributed by atoms with E-state index in [9.17, 15) is 39.6 Å². The Morgan fingerprint density at radius 3 is 2.50 bits per heavy atom. The van der Waals surface area contributed by atoms with E-state index in [4.69, 9.17) is 10.5 Å². The van der Waals surface area contributed by atoms with Gasteiger partial charge >= 0.3 is 5.97 Å². The number of phenolic OH excluding ortho intramolecular Hbond substituents is 1. The molecule has 36 heavy (non-hydrogen) atoms. The van der Waals surface area contributed by atoms with E-state index < -0.39 is 76.4 Å². The van der Waals surface area contributed by atoms with E-state index in [1.54, 1.807) is 19.1 Å². The molecule has 0 aromatic heterocycles. The van der Waals surface area contributed by atoms with Crippen LogP contribution in [0.4, 0.5) is 0 Å². The Hall–Kier alpha value is -3.66. The molecule has 192 valence electrons. The van der Waals surface area contributed by atoms with Gasteiger partial charge in [-0.15, -0.1) is 0 Å². The molecule has 0 radical (unpaired) electrons. The van der Waals surface area contributed by atoms with Gasteiger partial charge in [0.1, 0.15) is 28.9 Å². The van der Waals surface area contributed by atoms with Gasteiger partial charge in [-0.05, 0) is 24.0 Å². The third kappa shape index (κ3) is 3.59. The first-order valence-corrected chi connectivity index (χ1v) is 11.9. The molecule has 0 unspecified atom stereocenters. The molecule has 1 fully saturated rings. The predicted molar refractivity (Wildman–Crippen MR) is 126 cm³/mol. The van der Waals surface area contributed by atoms with E-state index in [1.165, 1.54) is 6.07 Å². The lowest BCUT2D eigenvalue weighted by Crippen LogP contribution is -2.64. The molecule has 4 rings (SSSR count). The number of aromatic hydroxyl groups is 1. The Labute approximate surface area is 207 Å². The number of ketones is 2. The molecule has 1 amide bonds. The fraction of sp³-hybridized carbons (Fsp3) is 0.462. The number of hydrogen-bond acceptors (Lipinski definition) is 9. The van der Waals surface area contributed by atoms with Gasteiger partial charge in [-0.25, -0.2) is 0 Å². The van der Waals surface area contributed by atoms with Gasteiger partial charge in [-0.1, -0.05) is 38.8 Å². The van der Waals surface area contributed by atoms with Crippen molar-refractivity contribution in [2.24, 2.45) is 17.6 Å². The zero-order valence-electron chi connectivity index (χ0n) is 20.0. The molecule has 6 N–H and O–H groups in total. The van der Waals surface area contributed by atoms with Gasteiger partial charge in [-0.2, -0.15) is 0 Å².